The van der Waals surface area contributed by atoms with Crippen LogP contribution < -0.4 is 5.32 Å². The number of carbonyl (C=O) groups is 1. The largest absolute Gasteiger partial charge is 0.444 e. The number of amides is 1. The van der Waals surface area contributed by atoms with Gasteiger partial charge in [-0.05, 0) is 34.1 Å². The van der Waals surface area contributed by atoms with Gasteiger partial charge in [0.1, 0.15) is 5.60 Å². The van der Waals surface area contributed by atoms with Gasteiger partial charge in [-0.2, -0.15) is 5.10 Å². The summed E-state index contributed by atoms with van der Waals surface area (Å²) in [6, 6.07) is 0.254. The third-order valence-electron chi connectivity index (χ3n) is 3.03. The molecule has 0 saturated carbocycles. The van der Waals surface area contributed by atoms with Gasteiger partial charge in [0.25, 0.3) is 0 Å². The number of likely N-dealkylation sites (tertiary alicyclic amines) is 1. The van der Waals surface area contributed by atoms with Crippen LogP contribution >= 0.6 is 0 Å². The van der Waals surface area contributed by atoms with Crippen LogP contribution in [0.3, 0.4) is 0 Å². The number of anilines is 1. The highest BCUT2D eigenvalue weighted by molar-refractivity contribution is 5.68. The van der Waals surface area contributed by atoms with Gasteiger partial charge in [-0.25, -0.2) is 4.79 Å². The van der Waals surface area contributed by atoms with Crippen molar-refractivity contribution >= 4 is 11.8 Å². The minimum absolute atomic E-state index is 0.235. The molecule has 6 nitrogen and oxygen atoms in total. The summed E-state index contributed by atoms with van der Waals surface area (Å²) in [6.07, 6.45) is 2.52. The summed E-state index contributed by atoms with van der Waals surface area (Å²) in [5, 5.41) is 10.3. The van der Waals surface area contributed by atoms with Crippen molar-refractivity contribution in [2.24, 2.45) is 0 Å². The fourth-order valence-electron chi connectivity index (χ4n) is 2.09. The highest BCUT2D eigenvalue weighted by Gasteiger charge is 2.29. The van der Waals surface area contributed by atoms with Crippen LogP contribution in [0.2, 0.25) is 0 Å². The fraction of sp³-hybridized carbons (Fsp3) is 0.692. The van der Waals surface area contributed by atoms with Gasteiger partial charge in [0.2, 0.25) is 0 Å². The van der Waals surface area contributed by atoms with Crippen LogP contribution in [0.4, 0.5) is 10.5 Å². The van der Waals surface area contributed by atoms with Crippen LogP contribution in [0.25, 0.3) is 0 Å². The average molecular weight is 266 g/mol. The van der Waals surface area contributed by atoms with E-state index in [9.17, 15) is 4.79 Å². The fourth-order valence-corrected chi connectivity index (χ4v) is 2.09. The second-order valence-corrected chi connectivity index (χ2v) is 5.94. The van der Waals surface area contributed by atoms with Crippen molar-refractivity contribution in [3.63, 3.8) is 0 Å². The van der Waals surface area contributed by atoms with Gasteiger partial charge in [-0.1, -0.05) is 0 Å². The summed E-state index contributed by atoms with van der Waals surface area (Å²) < 4.78 is 5.37. The Morgan fingerprint density at radius 3 is 2.89 bits per heavy atom. The predicted molar refractivity (Wildman–Crippen MR) is 73.2 cm³/mol. The number of nitrogens with one attached hydrogen (secondary N) is 2. The molecule has 1 aromatic heterocycles. The molecule has 0 unspecified atom stereocenters. The Kier molecular flexibility index (Phi) is 3.68. The molecule has 0 aromatic carbocycles. The SMILES string of the molecule is Cc1n[nH]cc1N[C@H]1CCN(C(=O)OC(C)(C)C)C1. The van der Waals surface area contributed by atoms with Gasteiger partial charge in [0, 0.05) is 25.3 Å². The van der Waals surface area contributed by atoms with E-state index in [1.807, 2.05) is 33.9 Å². The van der Waals surface area contributed by atoms with Crippen LogP contribution in [0.1, 0.15) is 32.9 Å². The van der Waals surface area contributed by atoms with E-state index in [1.165, 1.54) is 0 Å². The number of hydrogen-bond acceptors (Lipinski definition) is 4. The van der Waals surface area contributed by atoms with Gasteiger partial charge in [-0.3, -0.25) is 5.10 Å². The van der Waals surface area contributed by atoms with Gasteiger partial charge in [0.05, 0.1) is 11.4 Å². The second-order valence-electron chi connectivity index (χ2n) is 5.94. The molecule has 1 aromatic rings. The molecular weight excluding hydrogens is 244 g/mol. The maximum Gasteiger partial charge on any atom is 0.410 e. The maximum absolute atomic E-state index is 11.9. The van der Waals surface area contributed by atoms with Crippen LogP contribution in [-0.2, 0) is 4.74 Å². The number of aromatic nitrogens is 2. The Labute approximate surface area is 113 Å². The van der Waals surface area contributed by atoms with Crippen LogP contribution in [-0.4, -0.2) is 45.9 Å². The highest BCUT2D eigenvalue weighted by atomic mass is 16.6. The number of rotatable bonds is 2. The highest BCUT2D eigenvalue weighted by Crippen LogP contribution is 2.19. The van der Waals surface area contributed by atoms with Crippen LogP contribution in [0.5, 0.6) is 0 Å². The lowest BCUT2D eigenvalue weighted by molar-refractivity contribution is 0.0293. The second kappa shape index (κ2) is 5.11. The van der Waals surface area contributed by atoms with Gasteiger partial charge in [-0.15, -0.1) is 0 Å². The molecule has 1 fully saturated rings. The summed E-state index contributed by atoms with van der Waals surface area (Å²) in [7, 11) is 0. The predicted octanol–water partition coefficient (Wildman–Crippen LogP) is 2.14. The number of hydrogen-bond donors (Lipinski definition) is 2. The molecule has 1 aliphatic rings. The molecule has 0 radical (unpaired) electrons. The molecule has 6 heteroatoms. The van der Waals surface area contributed by atoms with Crippen LogP contribution in [0, 0.1) is 6.92 Å². The summed E-state index contributed by atoms with van der Waals surface area (Å²) in [5.41, 5.74) is 1.50. The monoisotopic (exact) mass is 266 g/mol. The van der Waals surface area contributed by atoms with Gasteiger partial charge >= 0.3 is 6.09 Å². The number of carbonyl (C=O) groups excluding carboxylic acids is 1. The summed E-state index contributed by atoms with van der Waals surface area (Å²) in [4.78, 5) is 13.7. The molecule has 1 aliphatic heterocycles. The molecular formula is C13H22N4O2. The van der Waals surface area contributed by atoms with E-state index >= 15 is 0 Å². The van der Waals surface area contributed by atoms with E-state index in [2.05, 4.69) is 15.5 Å². The molecule has 2 heterocycles. The van der Waals surface area contributed by atoms with Gasteiger partial charge in [0.15, 0.2) is 0 Å². The van der Waals surface area contributed by atoms with E-state index in [-0.39, 0.29) is 12.1 Å². The van der Waals surface area contributed by atoms with E-state index in [1.54, 1.807) is 4.90 Å². The molecule has 2 N–H and O–H groups in total. The first kappa shape index (κ1) is 13.7. The lowest BCUT2D eigenvalue weighted by Gasteiger charge is -2.24. The first-order valence-electron chi connectivity index (χ1n) is 6.60. The van der Waals surface area contributed by atoms with E-state index in [0.717, 1.165) is 24.3 Å². The zero-order valence-electron chi connectivity index (χ0n) is 12.0. The molecule has 2 rings (SSSR count). The molecule has 106 valence electrons. The quantitative estimate of drug-likeness (QED) is 0.860. The zero-order chi connectivity index (χ0) is 14.0. The van der Waals surface area contributed by atoms with Crippen molar-refractivity contribution in [3.05, 3.63) is 11.9 Å². The molecule has 0 bridgehead atoms. The number of ether oxygens (including phenoxy) is 1. The summed E-state index contributed by atoms with van der Waals surface area (Å²) >= 11 is 0. The third-order valence-corrected chi connectivity index (χ3v) is 3.03. The van der Waals surface area contributed by atoms with E-state index in [0.29, 0.717) is 6.54 Å². The Bertz CT molecular complexity index is 450. The van der Waals surface area contributed by atoms with Crippen molar-refractivity contribution in [3.8, 4) is 0 Å². The van der Waals surface area contributed by atoms with Crippen molar-refractivity contribution in [1.29, 1.82) is 0 Å². The Morgan fingerprint density at radius 2 is 2.32 bits per heavy atom. The Hall–Kier alpha value is -1.72. The number of aromatic amines is 1. The lowest BCUT2D eigenvalue weighted by Crippen LogP contribution is -2.36. The Morgan fingerprint density at radius 1 is 1.58 bits per heavy atom. The third kappa shape index (κ3) is 3.62. The minimum Gasteiger partial charge on any atom is -0.444 e. The van der Waals surface area contributed by atoms with Crippen molar-refractivity contribution in [1.82, 2.24) is 15.1 Å². The summed E-state index contributed by atoms with van der Waals surface area (Å²) in [6.45, 7) is 8.98. The topological polar surface area (TPSA) is 70.2 Å². The average Bonchev–Trinajstić information content (AvgIpc) is 2.87. The molecule has 0 spiro atoms. The standard InChI is InChI=1S/C13H22N4O2/c1-9-11(7-14-16-9)15-10-5-6-17(8-10)12(18)19-13(2,3)4/h7,10,15H,5-6,8H2,1-4H3,(H,14,16)/t10-/m0/s1. The first-order chi connectivity index (χ1) is 8.85. The Balaban J connectivity index is 1.86. The number of nitrogens with zero attached hydrogens (tertiary/aromatic N) is 2. The number of aryl methyl sites for hydroxylation is 1. The van der Waals surface area contributed by atoms with Crippen molar-refractivity contribution < 1.29 is 9.53 Å². The molecule has 0 aliphatic carbocycles. The van der Waals surface area contributed by atoms with Gasteiger partial charge < -0.3 is 15.0 Å². The lowest BCUT2D eigenvalue weighted by atomic mass is 10.2. The smallest absolute Gasteiger partial charge is 0.410 e. The van der Waals surface area contributed by atoms with E-state index in [4.69, 9.17) is 4.74 Å². The maximum atomic E-state index is 11.9. The number of H-pyrrole nitrogens is 1. The minimum atomic E-state index is -0.441. The molecule has 19 heavy (non-hydrogen) atoms. The zero-order valence-corrected chi connectivity index (χ0v) is 12.0. The summed E-state index contributed by atoms with van der Waals surface area (Å²) in [5.74, 6) is 0. The van der Waals surface area contributed by atoms with Crippen LogP contribution in [0.15, 0.2) is 6.20 Å². The van der Waals surface area contributed by atoms with Crippen molar-refractivity contribution in [2.45, 2.75) is 45.8 Å². The molecule has 1 saturated heterocycles. The van der Waals surface area contributed by atoms with Crippen molar-refractivity contribution in [2.75, 3.05) is 18.4 Å². The molecule has 1 atom stereocenters. The normalized spacial score (nSPS) is 19.6. The van der Waals surface area contributed by atoms with E-state index < -0.39 is 5.60 Å². The first-order valence-corrected chi connectivity index (χ1v) is 6.60. The molecule has 1 amide bonds.